The molecule has 1 aliphatic carbocycles. The molecule has 0 spiro atoms. The van der Waals surface area contributed by atoms with Gasteiger partial charge in [0, 0.05) is 5.39 Å². The van der Waals surface area contributed by atoms with Crippen molar-refractivity contribution in [2.75, 3.05) is 6.61 Å². The lowest BCUT2D eigenvalue weighted by Gasteiger charge is -2.10. The predicted octanol–water partition coefficient (Wildman–Crippen LogP) is 2.57. The van der Waals surface area contributed by atoms with E-state index in [1.807, 2.05) is 25.1 Å². The maximum Gasteiger partial charge on any atom is 0.330 e. The first-order chi connectivity index (χ1) is 9.68. The molecule has 5 heteroatoms. The van der Waals surface area contributed by atoms with Crippen molar-refractivity contribution in [2.45, 2.75) is 26.2 Å². The van der Waals surface area contributed by atoms with Crippen LogP contribution >= 0.6 is 0 Å². The zero-order valence-electron chi connectivity index (χ0n) is 11.3. The Hall–Kier alpha value is -2.01. The van der Waals surface area contributed by atoms with Crippen LogP contribution in [0.3, 0.4) is 0 Å². The van der Waals surface area contributed by atoms with Crippen LogP contribution in [0.1, 0.15) is 25.3 Å². The fraction of sp³-hybridized carbons (Fsp3) is 0.400. The van der Waals surface area contributed by atoms with Crippen LogP contribution in [0.2, 0.25) is 0 Å². The number of carbonyl (C=O) groups is 1. The molecule has 0 saturated heterocycles. The molecule has 1 aliphatic rings. The number of hydrogen-bond acceptors (Lipinski definition) is 5. The molecule has 3 rings (SSSR count). The molecule has 0 radical (unpaired) electrons. The second-order valence-electron chi connectivity index (χ2n) is 5.21. The van der Waals surface area contributed by atoms with Crippen LogP contribution in [-0.2, 0) is 16.1 Å². The van der Waals surface area contributed by atoms with Crippen molar-refractivity contribution in [1.82, 2.24) is 0 Å². The summed E-state index contributed by atoms with van der Waals surface area (Å²) < 4.78 is 11.0. The lowest BCUT2D eigenvalue weighted by atomic mass is 9.96. The molecule has 1 heterocycles. The van der Waals surface area contributed by atoms with E-state index in [-0.39, 0.29) is 5.97 Å². The van der Waals surface area contributed by atoms with Gasteiger partial charge in [0.25, 0.3) is 0 Å². The van der Waals surface area contributed by atoms with Gasteiger partial charge in [0.15, 0.2) is 0 Å². The molecule has 1 aromatic heterocycles. The van der Waals surface area contributed by atoms with Gasteiger partial charge in [-0.2, -0.15) is 5.90 Å². The Kier molecular flexibility index (Phi) is 3.14. The molecule has 0 unspecified atom stereocenters. The molecule has 0 bridgehead atoms. The van der Waals surface area contributed by atoms with Gasteiger partial charge in [-0.15, -0.1) is 0 Å². The standard InChI is InChI=1S/C15H17NO4/c1-2-18-11-3-4-13-12(7-11)10(9-19-13)8-15(5-6-15)14(17)20-16/h3-4,7,9H,2,5-6,8,16H2,1H3. The second kappa shape index (κ2) is 4.83. The molecular formula is C15H17NO4. The Morgan fingerprint density at radius 2 is 2.25 bits per heavy atom. The minimum absolute atomic E-state index is 0.340. The van der Waals surface area contributed by atoms with E-state index in [1.54, 1.807) is 6.26 Å². The average Bonchev–Trinajstić information content (AvgIpc) is 3.15. The predicted molar refractivity (Wildman–Crippen MR) is 73.0 cm³/mol. The van der Waals surface area contributed by atoms with Crippen molar-refractivity contribution in [1.29, 1.82) is 0 Å². The normalized spacial score (nSPS) is 16.1. The van der Waals surface area contributed by atoms with E-state index in [9.17, 15) is 4.79 Å². The first-order valence-corrected chi connectivity index (χ1v) is 6.72. The number of rotatable bonds is 5. The number of furan rings is 1. The summed E-state index contributed by atoms with van der Waals surface area (Å²) in [4.78, 5) is 16.1. The summed E-state index contributed by atoms with van der Waals surface area (Å²) in [5.74, 6) is 5.47. The molecule has 2 aromatic rings. The van der Waals surface area contributed by atoms with Gasteiger partial charge in [0.2, 0.25) is 0 Å². The Labute approximate surface area is 116 Å². The Balaban J connectivity index is 1.92. The van der Waals surface area contributed by atoms with E-state index >= 15 is 0 Å². The smallest absolute Gasteiger partial charge is 0.330 e. The van der Waals surface area contributed by atoms with Crippen molar-refractivity contribution in [3.8, 4) is 5.75 Å². The van der Waals surface area contributed by atoms with Crippen LogP contribution in [-0.4, -0.2) is 12.6 Å². The van der Waals surface area contributed by atoms with E-state index in [2.05, 4.69) is 4.84 Å². The van der Waals surface area contributed by atoms with E-state index in [0.29, 0.717) is 13.0 Å². The van der Waals surface area contributed by atoms with Gasteiger partial charge < -0.3 is 14.0 Å². The van der Waals surface area contributed by atoms with E-state index < -0.39 is 5.41 Å². The lowest BCUT2D eigenvalue weighted by molar-refractivity contribution is -0.150. The number of fused-ring (bicyclic) bond motifs is 1. The Morgan fingerprint density at radius 1 is 1.45 bits per heavy atom. The highest BCUT2D eigenvalue weighted by atomic mass is 16.7. The molecule has 0 amide bonds. The summed E-state index contributed by atoms with van der Waals surface area (Å²) in [5.41, 5.74) is 1.32. The van der Waals surface area contributed by atoms with Crippen molar-refractivity contribution in [3.05, 3.63) is 30.0 Å². The first kappa shape index (κ1) is 13.0. The second-order valence-corrected chi connectivity index (χ2v) is 5.21. The van der Waals surface area contributed by atoms with Gasteiger partial charge in [-0.3, -0.25) is 0 Å². The van der Waals surface area contributed by atoms with Gasteiger partial charge >= 0.3 is 5.97 Å². The third kappa shape index (κ3) is 2.14. The summed E-state index contributed by atoms with van der Waals surface area (Å²) in [5, 5.41) is 0.979. The zero-order valence-corrected chi connectivity index (χ0v) is 11.3. The molecule has 0 atom stereocenters. The van der Waals surface area contributed by atoms with E-state index in [1.165, 1.54) is 0 Å². The molecule has 1 fully saturated rings. The number of hydrogen-bond donors (Lipinski definition) is 1. The fourth-order valence-corrected chi connectivity index (χ4v) is 2.55. The van der Waals surface area contributed by atoms with Crippen LogP contribution in [0.5, 0.6) is 5.75 Å². The molecule has 20 heavy (non-hydrogen) atoms. The topological polar surface area (TPSA) is 74.7 Å². The van der Waals surface area contributed by atoms with Crippen LogP contribution < -0.4 is 10.6 Å². The van der Waals surface area contributed by atoms with Crippen molar-refractivity contribution < 1.29 is 18.8 Å². The van der Waals surface area contributed by atoms with Gasteiger partial charge in [-0.05, 0) is 49.9 Å². The van der Waals surface area contributed by atoms with Crippen molar-refractivity contribution in [3.63, 3.8) is 0 Å². The molecular weight excluding hydrogens is 258 g/mol. The number of carbonyl (C=O) groups excluding carboxylic acids is 1. The molecule has 5 nitrogen and oxygen atoms in total. The number of benzene rings is 1. The minimum Gasteiger partial charge on any atom is -0.494 e. The third-order valence-corrected chi connectivity index (χ3v) is 3.86. The minimum atomic E-state index is -0.465. The number of nitrogens with two attached hydrogens (primary N) is 1. The van der Waals surface area contributed by atoms with E-state index in [0.717, 1.165) is 35.1 Å². The Bertz CT molecular complexity index is 642. The highest BCUT2D eigenvalue weighted by Crippen LogP contribution is 2.50. The fourth-order valence-electron chi connectivity index (χ4n) is 2.55. The molecule has 2 N–H and O–H groups in total. The zero-order chi connectivity index (χ0) is 14.2. The first-order valence-electron chi connectivity index (χ1n) is 6.72. The quantitative estimate of drug-likeness (QED) is 0.849. The maximum atomic E-state index is 11.7. The summed E-state index contributed by atoms with van der Waals surface area (Å²) in [7, 11) is 0. The molecule has 106 valence electrons. The molecule has 1 saturated carbocycles. The molecule has 1 aromatic carbocycles. The molecule has 0 aliphatic heterocycles. The van der Waals surface area contributed by atoms with E-state index in [4.69, 9.17) is 15.1 Å². The van der Waals surface area contributed by atoms with Crippen LogP contribution in [0.15, 0.2) is 28.9 Å². The summed E-state index contributed by atoms with van der Waals surface area (Å²) in [6.45, 7) is 2.55. The Morgan fingerprint density at radius 3 is 2.90 bits per heavy atom. The van der Waals surface area contributed by atoms with Crippen LogP contribution in [0.25, 0.3) is 11.0 Å². The lowest BCUT2D eigenvalue weighted by Crippen LogP contribution is -2.24. The highest BCUT2D eigenvalue weighted by molar-refractivity contribution is 5.85. The largest absolute Gasteiger partial charge is 0.494 e. The van der Waals surface area contributed by atoms with Crippen LogP contribution in [0, 0.1) is 5.41 Å². The number of ether oxygens (including phenoxy) is 1. The SMILES string of the molecule is CCOc1ccc2occ(CC3(C(=O)ON)CC3)c2c1. The van der Waals surface area contributed by atoms with Gasteiger partial charge in [-0.25, -0.2) is 4.79 Å². The van der Waals surface area contributed by atoms with Crippen LogP contribution in [0.4, 0.5) is 0 Å². The van der Waals surface area contributed by atoms with Crippen molar-refractivity contribution in [2.24, 2.45) is 11.3 Å². The van der Waals surface area contributed by atoms with Gasteiger partial charge in [-0.1, -0.05) is 0 Å². The monoisotopic (exact) mass is 275 g/mol. The summed E-state index contributed by atoms with van der Waals surface area (Å²) >= 11 is 0. The van der Waals surface area contributed by atoms with Crippen molar-refractivity contribution >= 4 is 16.9 Å². The maximum absolute atomic E-state index is 11.7. The average molecular weight is 275 g/mol. The third-order valence-electron chi connectivity index (χ3n) is 3.86. The summed E-state index contributed by atoms with van der Waals surface area (Å²) in [6, 6.07) is 5.70. The summed E-state index contributed by atoms with van der Waals surface area (Å²) in [6.07, 6.45) is 3.90. The van der Waals surface area contributed by atoms with Gasteiger partial charge in [0.05, 0.1) is 18.3 Å². The van der Waals surface area contributed by atoms with Gasteiger partial charge in [0.1, 0.15) is 11.3 Å². The highest BCUT2D eigenvalue weighted by Gasteiger charge is 2.51.